The maximum Gasteiger partial charge on any atom is 0.138 e. The van der Waals surface area contributed by atoms with Crippen LogP contribution < -0.4 is 10.1 Å². The number of fused-ring (bicyclic) bond motifs is 1. The van der Waals surface area contributed by atoms with Crippen LogP contribution in [-0.2, 0) is 9.47 Å². The Kier molecular flexibility index (Phi) is 8.94. The van der Waals surface area contributed by atoms with Gasteiger partial charge in [-0.05, 0) is 75.2 Å². The van der Waals surface area contributed by atoms with E-state index in [1.807, 2.05) is 52.8 Å². The molecular formula is C32H41N3O3. The Balaban J connectivity index is 1.47. The summed E-state index contributed by atoms with van der Waals surface area (Å²) in [5.41, 5.74) is 2.89. The van der Waals surface area contributed by atoms with Gasteiger partial charge in [0.05, 0.1) is 25.4 Å². The molecule has 0 atom stereocenters. The number of benzene rings is 3. The van der Waals surface area contributed by atoms with Gasteiger partial charge in [-0.25, -0.2) is 0 Å². The van der Waals surface area contributed by atoms with E-state index < -0.39 is 5.60 Å². The Bertz CT molecular complexity index is 1270. The van der Waals surface area contributed by atoms with Crippen LogP contribution in [-0.4, -0.2) is 62.1 Å². The Labute approximate surface area is 227 Å². The highest BCUT2D eigenvalue weighted by Gasteiger charge is 2.24. The van der Waals surface area contributed by atoms with Crippen LogP contribution in [0.5, 0.6) is 5.75 Å². The molecule has 4 rings (SSSR count). The molecule has 38 heavy (non-hydrogen) atoms. The van der Waals surface area contributed by atoms with Gasteiger partial charge in [-0.1, -0.05) is 30.3 Å². The molecule has 0 bridgehead atoms. The second-order valence-corrected chi connectivity index (χ2v) is 11.5. The molecule has 0 radical (unpaired) electrons. The molecule has 0 saturated carbocycles. The number of nitriles is 1. The number of hydrogen-bond acceptors (Lipinski definition) is 6. The fourth-order valence-corrected chi connectivity index (χ4v) is 4.63. The van der Waals surface area contributed by atoms with Gasteiger partial charge < -0.3 is 19.5 Å². The third-order valence-electron chi connectivity index (χ3n) is 6.78. The molecule has 202 valence electrons. The number of ether oxygens (including phenoxy) is 3. The summed E-state index contributed by atoms with van der Waals surface area (Å²) in [4.78, 5) is 2.43. The lowest BCUT2D eigenvalue weighted by atomic mass is 9.96. The van der Waals surface area contributed by atoms with Gasteiger partial charge >= 0.3 is 0 Å². The van der Waals surface area contributed by atoms with Crippen molar-refractivity contribution in [2.75, 3.05) is 51.3 Å². The SMILES string of the molecule is CC(C)(C)OCCC(C)(C)Oc1cccc(-c2ccc3cc(NCCN4CCOCC4)ccc3c2)c1C#N. The van der Waals surface area contributed by atoms with Crippen molar-refractivity contribution in [3.05, 3.63) is 60.2 Å². The molecule has 1 aliphatic rings. The zero-order valence-electron chi connectivity index (χ0n) is 23.5. The second-order valence-electron chi connectivity index (χ2n) is 11.5. The highest BCUT2D eigenvalue weighted by molar-refractivity contribution is 5.90. The molecular weight excluding hydrogens is 474 g/mol. The Morgan fingerprint density at radius 3 is 2.45 bits per heavy atom. The van der Waals surface area contributed by atoms with Crippen molar-refractivity contribution in [3.8, 4) is 22.9 Å². The minimum absolute atomic E-state index is 0.191. The first-order chi connectivity index (χ1) is 18.1. The Hall–Kier alpha value is -3.11. The molecule has 1 N–H and O–H groups in total. The first-order valence-electron chi connectivity index (χ1n) is 13.6. The van der Waals surface area contributed by atoms with Gasteiger partial charge in [0.25, 0.3) is 0 Å². The van der Waals surface area contributed by atoms with Crippen molar-refractivity contribution in [3.63, 3.8) is 0 Å². The molecule has 0 aromatic heterocycles. The van der Waals surface area contributed by atoms with Crippen LogP contribution in [0.15, 0.2) is 54.6 Å². The monoisotopic (exact) mass is 515 g/mol. The lowest BCUT2D eigenvalue weighted by molar-refractivity contribution is -0.0293. The molecule has 0 unspecified atom stereocenters. The quantitative estimate of drug-likeness (QED) is 0.333. The predicted octanol–water partition coefficient (Wildman–Crippen LogP) is 6.49. The van der Waals surface area contributed by atoms with E-state index in [9.17, 15) is 5.26 Å². The number of nitrogens with one attached hydrogen (secondary N) is 1. The maximum atomic E-state index is 10.1. The molecule has 6 heteroatoms. The first kappa shape index (κ1) is 27.9. The van der Waals surface area contributed by atoms with Crippen LogP contribution in [0, 0.1) is 11.3 Å². The van der Waals surface area contributed by atoms with E-state index in [1.165, 1.54) is 0 Å². The molecule has 3 aromatic rings. The molecule has 1 fully saturated rings. The molecule has 1 heterocycles. The van der Waals surface area contributed by atoms with Crippen LogP contribution in [0.3, 0.4) is 0 Å². The number of anilines is 1. The molecule has 0 amide bonds. The smallest absolute Gasteiger partial charge is 0.138 e. The van der Waals surface area contributed by atoms with Crippen molar-refractivity contribution in [2.45, 2.75) is 52.2 Å². The van der Waals surface area contributed by atoms with E-state index in [2.05, 4.69) is 52.7 Å². The van der Waals surface area contributed by atoms with Crippen molar-refractivity contribution >= 4 is 16.5 Å². The van der Waals surface area contributed by atoms with E-state index >= 15 is 0 Å². The van der Waals surface area contributed by atoms with E-state index in [-0.39, 0.29) is 5.60 Å². The highest BCUT2D eigenvalue weighted by atomic mass is 16.5. The van der Waals surface area contributed by atoms with Crippen LogP contribution in [0.25, 0.3) is 21.9 Å². The van der Waals surface area contributed by atoms with Crippen LogP contribution in [0.1, 0.15) is 46.6 Å². The third-order valence-corrected chi connectivity index (χ3v) is 6.78. The van der Waals surface area contributed by atoms with E-state index in [1.54, 1.807) is 0 Å². The minimum Gasteiger partial charge on any atom is -0.486 e. The summed E-state index contributed by atoms with van der Waals surface area (Å²) in [6.07, 6.45) is 0.720. The number of nitrogens with zero attached hydrogens (tertiary/aromatic N) is 2. The van der Waals surface area contributed by atoms with Gasteiger partial charge in [-0.15, -0.1) is 0 Å². The van der Waals surface area contributed by atoms with Gasteiger partial charge in [0, 0.05) is 43.9 Å². The van der Waals surface area contributed by atoms with Crippen molar-refractivity contribution in [2.24, 2.45) is 0 Å². The topological polar surface area (TPSA) is 66.8 Å². The fourth-order valence-electron chi connectivity index (χ4n) is 4.63. The lowest BCUT2D eigenvalue weighted by Gasteiger charge is -2.29. The van der Waals surface area contributed by atoms with Crippen molar-refractivity contribution < 1.29 is 14.2 Å². The molecule has 0 spiro atoms. The van der Waals surface area contributed by atoms with Crippen LogP contribution >= 0.6 is 0 Å². The zero-order valence-corrected chi connectivity index (χ0v) is 23.5. The minimum atomic E-state index is -0.468. The van der Waals surface area contributed by atoms with Gasteiger partial charge in [-0.2, -0.15) is 5.26 Å². The second kappa shape index (κ2) is 12.2. The van der Waals surface area contributed by atoms with Crippen LogP contribution in [0.4, 0.5) is 5.69 Å². The average Bonchev–Trinajstić information content (AvgIpc) is 2.87. The van der Waals surface area contributed by atoms with Crippen molar-refractivity contribution in [1.82, 2.24) is 4.90 Å². The molecule has 3 aromatic carbocycles. The summed E-state index contributed by atoms with van der Waals surface area (Å²) in [7, 11) is 0. The van der Waals surface area contributed by atoms with Gasteiger partial charge in [-0.3, -0.25) is 4.90 Å². The van der Waals surface area contributed by atoms with Gasteiger partial charge in [0.1, 0.15) is 23.0 Å². The summed E-state index contributed by atoms with van der Waals surface area (Å²) in [6.45, 7) is 16.4. The number of morpholine rings is 1. The van der Waals surface area contributed by atoms with Gasteiger partial charge in [0.15, 0.2) is 0 Å². The average molecular weight is 516 g/mol. The summed E-state index contributed by atoms with van der Waals surface area (Å²) in [5, 5.41) is 15.9. The summed E-state index contributed by atoms with van der Waals surface area (Å²) >= 11 is 0. The largest absolute Gasteiger partial charge is 0.486 e. The zero-order chi connectivity index (χ0) is 27.2. The summed E-state index contributed by atoms with van der Waals surface area (Å²) in [5.74, 6) is 0.602. The standard InChI is InChI=1S/C32H41N3O3/c1-31(2,3)37-18-13-32(4,5)38-30-8-6-7-28(29(30)23-33)26-10-9-25-22-27(12-11-24(25)21-26)34-14-15-35-16-19-36-20-17-35/h6-12,21-22,34H,13-20H2,1-5H3. The van der Waals surface area contributed by atoms with Crippen molar-refractivity contribution in [1.29, 1.82) is 5.26 Å². The first-order valence-corrected chi connectivity index (χ1v) is 13.6. The lowest BCUT2D eigenvalue weighted by Crippen LogP contribution is -2.38. The maximum absolute atomic E-state index is 10.1. The van der Waals surface area contributed by atoms with E-state index in [0.29, 0.717) is 17.9 Å². The Morgan fingerprint density at radius 1 is 0.974 bits per heavy atom. The fraction of sp³-hybridized carbons (Fsp3) is 0.469. The molecule has 6 nitrogen and oxygen atoms in total. The van der Waals surface area contributed by atoms with E-state index in [0.717, 1.165) is 73.4 Å². The highest BCUT2D eigenvalue weighted by Crippen LogP contribution is 2.34. The van der Waals surface area contributed by atoms with Crippen LogP contribution in [0.2, 0.25) is 0 Å². The van der Waals surface area contributed by atoms with E-state index in [4.69, 9.17) is 14.2 Å². The molecule has 1 saturated heterocycles. The Morgan fingerprint density at radius 2 is 1.71 bits per heavy atom. The third kappa shape index (κ3) is 7.70. The molecule has 0 aliphatic carbocycles. The van der Waals surface area contributed by atoms with Gasteiger partial charge in [0.2, 0.25) is 0 Å². The number of rotatable bonds is 10. The predicted molar refractivity (Wildman–Crippen MR) is 155 cm³/mol. The molecule has 1 aliphatic heterocycles. The normalized spacial score (nSPS) is 14.8. The number of hydrogen-bond donors (Lipinski definition) is 1. The summed E-state index contributed by atoms with van der Waals surface area (Å²) in [6, 6.07) is 21.0. The summed E-state index contributed by atoms with van der Waals surface area (Å²) < 4.78 is 17.7.